The fraction of sp³-hybridized carbons (Fsp3) is 0.867. The number of likely N-dealkylation sites (tertiary alicyclic amines) is 1. The van der Waals surface area contributed by atoms with Crippen LogP contribution in [0.2, 0.25) is 0 Å². The van der Waals surface area contributed by atoms with Gasteiger partial charge in [-0.1, -0.05) is 31.1 Å². The smallest absolute Gasteiger partial charge is 0.125 e. The van der Waals surface area contributed by atoms with E-state index >= 15 is 0 Å². The molecule has 2 fully saturated rings. The maximum absolute atomic E-state index is 10.3. The van der Waals surface area contributed by atoms with E-state index in [2.05, 4.69) is 16.7 Å². The van der Waals surface area contributed by atoms with Gasteiger partial charge in [-0.15, -0.1) is 12.4 Å². The van der Waals surface area contributed by atoms with Crippen molar-refractivity contribution in [2.45, 2.75) is 63.4 Å². The molecule has 0 amide bonds. The third kappa shape index (κ3) is 5.18. The van der Waals surface area contributed by atoms with Crippen molar-refractivity contribution in [2.24, 2.45) is 0 Å². The van der Waals surface area contributed by atoms with E-state index in [1.807, 2.05) is 0 Å². The highest BCUT2D eigenvalue weighted by Gasteiger charge is 2.26. The molecule has 104 valence electrons. The summed E-state index contributed by atoms with van der Waals surface area (Å²) in [4.78, 5) is 2.44. The second-order valence-corrected chi connectivity index (χ2v) is 5.58. The summed E-state index contributed by atoms with van der Waals surface area (Å²) in [5.74, 6) is 6.35. The molecule has 1 aliphatic heterocycles. The molecule has 0 atom stereocenters. The van der Waals surface area contributed by atoms with Gasteiger partial charge in [0.05, 0.1) is 6.54 Å². The minimum atomic E-state index is -0.663. The Bertz CT molecular complexity index is 281. The van der Waals surface area contributed by atoms with Crippen LogP contribution in [0.4, 0.5) is 0 Å². The van der Waals surface area contributed by atoms with Crippen LogP contribution >= 0.6 is 12.4 Å². The minimum Gasteiger partial charge on any atom is -0.378 e. The number of rotatable bonds is 1. The standard InChI is InChI=1S/C15H25NO.ClH/c17-15(9-4-3-5-10-15)11-8-14-16-12-6-1-2-7-13-16;/h17H,1-7,9-10,12-14H2;1H. The zero-order valence-electron chi connectivity index (χ0n) is 11.3. The number of hydrogen-bond donors (Lipinski definition) is 1. The van der Waals surface area contributed by atoms with Crippen molar-refractivity contribution in [1.29, 1.82) is 0 Å². The van der Waals surface area contributed by atoms with Crippen LogP contribution in [0.5, 0.6) is 0 Å². The number of aliphatic hydroxyl groups is 1. The lowest BCUT2D eigenvalue weighted by Gasteiger charge is -2.26. The second-order valence-electron chi connectivity index (χ2n) is 5.58. The van der Waals surface area contributed by atoms with Gasteiger partial charge in [0.25, 0.3) is 0 Å². The van der Waals surface area contributed by atoms with Crippen LogP contribution in [-0.4, -0.2) is 35.2 Å². The van der Waals surface area contributed by atoms with Crippen LogP contribution in [0.15, 0.2) is 0 Å². The van der Waals surface area contributed by atoms with Gasteiger partial charge in [0.15, 0.2) is 0 Å². The van der Waals surface area contributed by atoms with Gasteiger partial charge >= 0.3 is 0 Å². The minimum absolute atomic E-state index is 0. The van der Waals surface area contributed by atoms with Crippen molar-refractivity contribution >= 4 is 12.4 Å². The molecule has 1 saturated carbocycles. The van der Waals surface area contributed by atoms with E-state index in [0.29, 0.717) is 0 Å². The Morgan fingerprint density at radius 3 is 2.06 bits per heavy atom. The molecule has 1 aliphatic carbocycles. The Morgan fingerprint density at radius 1 is 0.889 bits per heavy atom. The molecule has 0 unspecified atom stereocenters. The molecule has 0 radical (unpaired) electrons. The van der Waals surface area contributed by atoms with Gasteiger partial charge in [-0.2, -0.15) is 0 Å². The summed E-state index contributed by atoms with van der Waals surface area (Å²) in [6, 6.07) is 0. The lowest BCUT2D eigenvalue weighted by Crippen LogP contribution is -2.30. The molecular formula is C15H26ClNO. The molecule has 1 heterocycles. The number of halogens is 1. The van der Waals surface area contributed by atoms with Crippen molar-refractivity contribution in [3.8, 4) is 11.8 Å². The van der Waals surface area contributed by atoms with E-state index in [0.717, 1.165) is 32.2 Å². The topological polar surface area (TPSA) is 23.5 Å². The van der Waals surface area contributed by atoms with Crippen LogP contribution in [0.25, 0.3) is 0 Å². The van der Waals surface area contributed by atoms with Gasteiger partial charge in [-0.3, -0.25) is 4.90 Å². The predicted octanol–water partition coefficient (Wildman–Crippen LogP) is 2.98. The molecular weight excluding hydrogens is 246 g/mol. The maximum atomic E-state index is 10.3. The molecule has 0 spiro atoms. The molecule has 0 aromatic heterocycles. The summed E-state index contributed by atoms with van der Waals surface area (Å²) in [6.45, 7) is 3.22. The summed E-state index contributed by atoms with van der Waals surface area (Å²) in [7, 11) is 0. The third-order valence-electron chi connectivity index (χ3n) is 4.00. The number of hydrogen-bond acceptors (Lipinski definition) is 2. The fourth-order valence-corrected chi connectivity index (χ4v) is 2.87. The van der Waals surface area contributed by atoms with Crippen molar-refractivity contribution in [2.75, 3.05) is 19.6 Å². The van der Waals surface area contributed by atoms with Crippen LogP contribution in [-0.2, 0) is 0 Å². The Morgan fingerprint density at radius 2 is 1.44 bits per heavy atom. The Kier molecular flexibility index (Phi) is 7.07. The van der Waals surface area contributed by atoms with Gasteiger partial charge in [0, 0.05) is 0 Å². The molecule has 0 aromatic carbocycles. The highest BCUT2D eigenvalue weighted by Crippen LogP contribution is 2.27. The molecule has 18 heavy (non-hydrogen) atoms. The Labute approximate surface area is 118 Å². The molecule has 3 heteroatoms. The van der Waals surface area contributed by atoms with Gasteiger partial charge in [0.1, 0.15) is 5.60 Å². The van der Waals surface area contributed by atoms with E-state index in [4.69, 9.17) is 0 Å². The molecule has 1 N–H and O–H groups in total. The van der Waals surface area contributed by atoms with Crippen molar-refractivity contribution in [3.63, 3.8) is 0 Å². The van der Waals surface area contributed by atoms with E-state index in [-0.39, 0.29) is 12.4 Å². The van der Waals surface area contributed by atoms with Crippen molar-refractivity contribution < 1.29 is 5.11 Å². The summed E-state index contributed by atoms with van der Waals surface area (Å²) in [5.41, 5.74) is -0.663. The van der Waals surface area contributed by atoms with Gasteiger partial charge in [-0.05, 0) is 51.6 Å². The SMILES string of the molecule is Cl.OC1(C#CCN2CCCCCC2)CCCCC1. The molecule has 2 rings (SSSR count). The van der Waals surface area contributed by atoms with Crippen molar-refractivity contribution in [3.05, 3.63) is 0 Å². The first-order chi connectivity index (χ1) is 8.29. The van der Waals surface area contributed by atoms with E-state index < -0.39 is 5.60 Å². The highest BCUT2D eigenvalue weighted by atomic mass is 35.5. The molecule has 0 bridgehead atoms. The van der Waals surface area contributed by atoms with Crippen LogP contribution < -0.4 is 0 Å². The van der Waals surface area contributed by atoms with Gasteiger partial charge in [0.2, 0.25) is 0 Å². The number of nitrogens with zero attached hydrogens (tertiary/aromatic N) is 1. The Balaban J connectivity index is 0.00000162. The first-order valence-electron chi connectivity index (χ1n) is 7.23. The average Bonchev–Trinajstić information content (AvgIpc) is 2.58. The lowest BCUT2D eigenvalue weighted by atomic mass is 9.85. The van der Waals surface area contributed by atoms with Crippen LogP contribution in [0.1, 0.15) is 57.8 Å². The van der Waals surface area contributed by atoms with Crippen LogP contribution in [0, 0.1) is 11.8 Å². The van der Waals surface area contributed by atoms with Gasteiger partial charge < -0.3 is 5.11 Å². The summed E-state index contributed by atoms with van der Waals surface area (Å²) in [6.07, 6.45) is 10.6. The first kappa shape index (κ1) is 15.8. The molecule has 2 nitrogen and oxygen atoms in total. The van der Waals surface area contributed by atoms with Crippen LogP contribution in [0.3, 0.4) is 0 Å². The summed E-state index contributed by atoms with van der Waals surface area (Å²) < 4.78 is 0. The molecule has 1 saturated heterocycles. The highest BCUT2D eigenvalue weighted by molar-refractivity contribution is 5.85. The summed E-state index contributed by atoms with van der Waals surface area (Å²) in [5, 5.41) is 10.3. The zero-order valence-corrected chi connectivity index (χ0v) is 12.1. The maximum Gasteiger partial charge on any atom is 0.125 e. The monoisotopic (exact) mass is 271 g/mol. The quantitative estimate of drug-likeness (QED) is 0.741. The van der Waals surface area contributed by atoms with Crippen molar-refractivity contribution in [1.82, 2.24) is 4.90 Å². The Hall–Kier alpha value is -0.230. The normalized spacial score (nSPS) is 24.3. The average molecular weight is 272 g/mol. The summed E-state index contributed by atoms with van der Waals surface area (Å²) >= 11 is 0. The second kappa shape index (κ2) is 8.04. The largest absolute Gasteiger partial charge is 0.378 e. The fourth-order valence-electron chi connectivity index (χ4n) is 2.87. The molecule has 2 aliphatic rings. The predicted molar refractivity (Wildman–Crippen MR) is 78.0 cm³/mol. The lowest BCUT2D eigenvalue weighted by molar-refractivity contribution is 0.0608. The third-order valence-corrected chi connectivity index (χ3v) is 4.00. The van der Waals surface area contributed by atoms with E-state index in [1.165, 1.54) is 45.2 Å². The molecule has 0 aromatic rings. The van der Waals surface area contributed by atoms with Gasteiger partial charge in [-0.25, -0.2) is 0 Å². The van der Waals surface area contributed by atoms with E-state index in [1.54, 1.807) is 0 Å². The first-order valence-corrected chi connectivity index (χ1v) is 7.23. The van der Waals surface area contributed by atoms with E-state index in [9.17, 15) is 5.11 Å². The zero-order chi connectivity index (χ0) is 12.0.